The lowest BCUT2D eigenvalue weighted by molar-refractivity contribution is -0.177. The zero-order chi connectivity index (χ0) is 15.0. The van der Waals surface area contributed by atoms with Gasteiger partial charge in [0.15, 0.2) is 9.84 Å². The second-order valence-electron chi connectivity index (χ2n) is 4.22. The van der Waals surface area contributed by atoms with Gasteiger partial charge in [0.1, 0.15) is 24.6 Å². The number of benzene rings is 1. The van der Waals surface area contributed by atoms with Crippen molar-refractivity contribution in [2.75, 3.05) is 12.9 Å². The molecule has 0 atom stereocenters. The second kappa shape index (κ2) is 5.06. The van der Waals surface area contributed by atoms with E-state index in [4.69, 9.17) is 0 Å². The summed E-state index contributed by atoms with van der Waals surface area (Å²) in [5.74, 6) is 0.139. The van der Waals surface area contributed by atoms with Crippen LogP contribution in [-0.2, 0) is 21.2 Å². The molecular formula is C11H11F3N2O3S. The molecule has 0 amide bonds. The minimum atomic E-state index is -4.41. The minimum Gasteiger partial charge on any atom is -0.364 e. The molecule has 0 radical (unpaired) electrons. The lowest BCUT2D eigenvalue weighted by Gasteiger charge is -2.05. The Bertz CT molecular complexity index is 722. The van der Waals surface area contributed by atoms with Gasteiger partial charge in [-0.2, -0.15) is 13.2 Å². The predicted molar refractivity (Wildman–Crippen MR) is 64.9 cm³/mol. The molecule has 1 heterocycles. The topological polar surface area (TPSA) is 72.0 Å². The number of H-pyrrole nitrogens is 1. The van der Waals surface area contributed by atoms with Crippen molar-refractivity contribution in [3.63, 3.8) is 0 Å². The Kier molecular flexibility index (Phi) is 3.74. The Balaban J connectivity index is 2.26. The van der Waals surface area contributed by atoms with Crippen LogP contribution < -0.4 is 0 Å². The van der Waals surface area contributed by atoms with E-state index in [0.29, 0.717) is 5.52 Å². The van der Waals surface area contributed by atoms with E-state index in [1.807, 2.05) is 0 Å². The fourth-order valence-corrected chi connectivity index (χ4v) is 2.52. The normalized spacial score (nSPS) is 13.0. The Morgan fingerprint density at radius 3 is 2.65 bits per heavy atom. The van der Waals surface area contributed by atoms with Crippen molar-refractivity contribution in [2.45, 2.75) is 17.7 Å². The lowest BCUT2D eigenvalue weighted by Crippen LogP contribution is -2.16. The van der Waals surface area contributed by atoms with Crippen LogP contribution >= 0.6 is 0 Å². The molecule has 1 aromatic heterocycles. The molecule has 2 rings (SSSR count). The van der Waals surface area contributed by atoms with Crippen molar-refractivity contribution < 1.29 is 26.3 Å². The van der Waals surface area contributed by atoms with Gasteiger partial charge in [-0.05, 0) is 12.1 Å². The van der Waals surface area contributed by atoms with E-state index in [2.05, 4.69) is 14.7 Å². The molecule has 0 spiro atoms. The van der Waals surface area contributed by atoms with E-state index in [0.717, 1.165) is 6.26 Å². The maximum Gasteiger partial charge on any atom is 0.411 e. The number of nitrogens with zero attached hydrogens (tertiary/aromatic N) is 1. The van der Waals surface area contributed by atoms with Crippen molar-refractivity contribution in [1.29, 1.82) is 0 Å². The van der Waals surface area contributed by atoms with Gasteiger partial charge in [0.05, 0.1) is 10.4 Å². The standard InChI is InChI=1S/C11H11F3N2O3S/c1-20(17,18)8-4-2-3-7-10(8)16-9(15-7)5-19-6-11(12,13)14/h2-4H,5-6H2,1H3,(H,15,16). The third-order valence-corrected chi connectivity index (χ3v) is 3.56. The van der Waals surface area contributed by atoms with E-state index in [1.165, 1.54) is 12.1 Å². The van der Waals surface area contributed by atoms with Gasteiger partial charge in [0.2, 0.25) is 0 Å². The molecule has 20 heavy (non-hydrogen) atoms. The molecule has 9 heteroatoms. The van der Waals surface area contributed by atoms with Gasteiger partial charge in [-0.1, -0.05) is 6.07 Å². The quantitative estimate of drug-likeness (QED) is 0.938. The van der Waals surface area contributed by atoms with Gasteiger partial charge >= 0.3 is 6.18 Å². The summed E-state index contributed by atoms with van der Waals surface area (Å²) in [5, 5.41) is 0. The zero-order valence-corrected chi connectivity index (χ0v) is 11.2. The van der Waals surface area contributed by atoms with Crippen molar-refractivity contribution in [3.05, 3.63) is 24.0 Å². The number of alkyl halides is 3. The van der Waals surface area contributed by atoms with Gasteiger partial charge in [0, 0.05) is 6.26 Å². The van der Waals surface area contributed by atoms with Gasteiger partial charge in [-0.25, -0.2) is 13.4 Å². The molecule has 1 aromatic carbocycles. The number of hydrogen-bond donors (Lipinski definition) is 1. The first kappa shape index (κ1) is 14.8. The van der Waals surface area contributed by atoms with E-state index >= 15 is 0 Å². The fraction of sp³-hybridized carbons (Fsp3) is 0.364. The molecule has 0 aliphatic rings. The van der Waals surface area contributed by atoms with Crippen LogP contribution in [0.1, 0.15) is 5.82 Å². The monoisotopic (exact) mass is 308 g/mol. The molecule has 0 saturated carbocycles. The molecule has 5 nitrogen and oxygen atoms in total. The average molecular weight is 308 g/mol. The summed E-state index contributed by atoms with van der Waals surface area (Å²) >= 11 is 0. The summed E-state index contributed by atoms with van der Waals surface area (Å²) < 4.78 is 63.5. The SMILES string of the molecule is CS(=O)(=O)c1cccc2[nH]c(COCC(F)(F)F)nc12. The third-order valence-electron chi connectivity index (χ3n) is 2.43. The Morgan fingerprint density at radius 1 is 1.35 bits per heavy atom. The molecule has 0 fully saturated rings. The van der Waals surface area contributed by atoms with Crippen LogP contribution in [0.5, 0.6) is 0 Å². The molecular weight excluding hydrogens is 297 g/mol. The largest absolute Gasteiger partial charge is 0.411 e. The third kappa shape index (κ3) is 3.48. The van der Waals surface area contributed by atoms with E-state index in [9.17, 15) is 21.6 Å². The number of halogens is 3. The Hall–Kier alpha value is -1.61. The number of hydrogen-bond acceptors (Lipinski definition) is 4. The average Bonchev–Trinajstić information content (AvgIpc) is 2.67. The molecule has 0 saturated heterocycles. The highest BCUT2D eigenvalue weighted by Crippen LogP contribution is 2.21. The number of sulfone groups is 1. The van der Waals surface area contributed by atoms with Gasteiger partial charge in [0.25, 0.3) is 0 Å². The summed E-state index contributed by atoms with van der Waals surface area (Å²) in [7, 11) is -3.46. The van der Waals surface area contributed by atoms with Crippen molar-refractivity contribution in [2.24, 2.45) is 0 Å². The van der Waals surface area contributed by atoms with Crippen molar-refractivity contribution in [1.82, 2.24) is 9.97 Å². The molecule has 0 bridgehead atoms. The molecule has 110 valence electrons. The van der Waals surface area contributed by atoms with Gasteiger partial charge < -0.3 is 9.72 Å². The van der Waals surface area contributed by atoms with Crippen molar-refractivity contribution >= 4 is 20.9 Å². The predicted octanol–water partition coefficient (Wildman–Crippen LogP) is 2.05. The van der Waals surface area contributed by atoms with Gasteiger partial charge in [-0.15, -0.1) is 0 Å². The summed E-state index contributed by atoms with van der Waals surface area (Å²) in [6.45, 7) is -1.76. The molecule has 0 aliphatic carbocycles. The van der Waals surface area contributed by atoms with Crippen LogP contribution in [0.15, 0.2) is 23.1 Å². The molecule has 2 aromatic rings. The first-order chi connectivity index (χ1) is 9.17. The second-order valence-corrected chi connectivity index (χ2v) is 6.20. The maximum atomic E-state index is 11.9. The molecule has 0 unspecified atom stereocenters. The maximum absolute atomic E-state index is 11.9. The Morgan fingerprint density at radius 2 is 2.05 bits per heavy atom. The number of para-hydroxylation sites is 1. The summed E-state index contributed by atoms with van der Waals surface area (Å²) in [4.78, 5) is 6.72. The zero-order valence-electron chi connectivity index (χ0n) is 10.4. The first-order valence-electron chi connectivity index (χ1n) is 5.49. The van der Waals surface area contributed by atoms with Gasteiger partial charge in [-0.3, -0.25) is 0 Å². The Labute approximate surface area is 112 Å². The highest BCUT2D eigenvalue weighted by Gasteiger charge is 2.27. The first-order valence-corrected chi connectivity index (χ1v) is 7.38. The van der Waals surface area contributed by atoms with Crippen LogP contribution in [-0.4, -0.2) is 37.4 Å². The number of rotatable bonds is 4. The number of imidazole rings is 1. The number of aromatic nitrogens is 2. The summed E-state index contributed by atoms with van der Waals surface area (Å²) in [5.41, 5.74) is 0.624. The minimum absolute atomic E-state index is 0.0216. The van der Waals surface area contributed by atoms with Crippen LogP contribution in [0.4, 0.5) is 13.2 Å². The van der Waals surface area contributed by atoms with Crippen LogP contribution in [0, 0.1) is 0 Å². The van der Waals surface area contributed by atoms with Crippen LogP contribution in [0.3, 0.4) is 0 Å². The van der Waals surface area contributed by atoms with Crippen LogP contribution in [0.25, 0.3) is 11.0 Å². The summed E-state index contributed by atoms with van der Waals surface area (Å²) in [6, 6.07) is 4.50. The fourth-order valence-electron chi connectivity index (χ4n) is 1.69. The highest BCUT2D eigenvalue weighted by molar-refractivity contribution is 7.91. The number of nitrogens with one attached hydrogen (secondary N) is 1. The highest BCUT2D eigenvalue weighted by atomic mass is 32.2. The smallest absolute Gasteiger partial charge is 0.364 e. The number of aromatic amines is 1. The lowest BCUT2D eigenvalue weighted by atomic mass is 10.3. The summed E-state index contributed by atoms with van der Waals surface area (Å²) in [6.07, 6.45) is -3.37. The van der Waals surface area contributed by atoms with E-state index in [1.54, 1.807) is 6.07 Å². The van der Waals surface area contributed by atoms with E-state index < -0.39 is 22.6 Å². The number of fused-ring (bicyclic) bond motifs is 1. The molecule has 1 N–H and O–H groups in total. The number of ether oxygens (including phenoxy) is 1. The molecule has 0 aliphatic heterocycles. The van der Waals surface area contributed by atoms with Crippen LogP contribution in [0.2, 0.25) is 0 Å². The van der Waals surface area contributed by atoms with E-state index in [-0.39, 0.29) is 22.8 Å². The van der Waals surface area contributed by atoms with Crippen molar-refractivity contribution in [3.8, 4) is 0 Å².